The van der Waals surface area contributed by atoms with Crippen molar-refractivity contribution in [3.63, 3.8) is 0 Å². The van der Waals surface area contributed by atoms with Crippen LogP contribution in [0.3, 0.4) is 0 Å². The number of aromatic nitrogens is 4. The number of fused-ring (bicyclic) bond motifs is 1. The summed E-state index contributed by atoms with van der Waals surface area (Å²) in [5.74, 6) is 1.42. The topological polar surface area (TPSA) is 115 Å². The number of hydrogen-bond donors (Lipinski definition) is 2. The number of ether oxygens (including phenoxy) is 1. The standard InChI is InChI=1S/C26H23N5O4S/c1-16-12-21(30-35-16)28-22(32)15-36-26-29-23-20(18-6-4-3-5-7-18)13-27-24(23)25(33)31(26)14-17-8-10-19(34-2)11-9-17/h3-13,27H,14-15H2,1-2H3,(H,28,30,32). The minimum Gasteiger partial charge on any atom is -0.497 e. The van der Waals surface area contributed by atoms with E-state index in [1.807, 2.05) is 54.6 Å². The minimum absolute atomic E-state index is 0.0392. The van der Waals surface area contributed by atoms with E-state index in [-0.39, 0.29) is 23.8 Å². The number of H-pyrrole nitrogens is 1. The number of carbonyl (C=O) groups excluding carboxylic acids is 1. The number of aryl methyl sites for hydroxylation is 1. The van der Waals surface area contributed by atoms with E-state index in [9.17, 15) is 9.59 Å². The first kappa shape index (κ1) is 23.4. The summed E-state index contributed by atoms with van der Waals surface area (Å²) in [7, 11) is 1.60. The number of anilines is 1. The highest BCUT2D eigenvalue weighted by Crippen LogP contribution is 2.28. The maximum absolute atomic E-state index is 13.6. The Kier molecular flexibility index (Phi) is 6.59. The lowest BCUT2D eigenvalue weighted by Crippen LogP contribution is -2.25. The number of nitrogens with zero attached hydrogens (tertiary/aromatic N) is 3. The molecule has 0 aliphatic heterocycles. The van der Waals surface area contributed by atoms with Crippen molar-refractivity contribution in [3.05, 3.63) is 88.5 Å². The van der Waals surface area contributed by atoms with Crippen LogP contribution in [0, 0.1) is 6.92 Å². The Morgan fingerprint density at radius 3 is 2.64 bits per heavy atom. The molecule has 0 atom stereocenters. The van der Waals surface area contributed by atoms with Gasteiger partial charge in [-0.05, 0) is 30.2 Å². The van der Waals surface area contributed by atoms with Gasteiger partial charge in [0.05, 0.1) is 19.4 Å². The zero-order valence-electron chi connectivity index (χ0n) is 19.6. The highest BCUT2D eigenvalue weighted by atomic mass is 32.2. The van der Waals surface area contributed by atoms with Gasteiger partial charge in [0.15, 0.2) is 11.0 Å². The molecule has 0 spiro atoms. The van der Waals surface area contributed by atoms with Crippen molar-refractivity contribution in [3.8, 4) is 16.9 Å². The van der Waals surface area contributed by atoms with Crippen molar-refractivity contribution in [2.75, 3.05) is 18.2 Å². The number of benzene rings is 2. The monoisotopic (exact) mass is 501 g/mol. The van der Waals surface area contributed by atoms with Gasteiger partial charge in [-0.15, -0.1) is 0 Å². The van der Waals surface area contributed by atoms with Crippen LogP contribution < -0.4 is 15.6 Å². The van der Waals surface area contributed by atoms with Crippen LogP contribution in [0.25, 0.3) is 22.2 Å². The molecular weight excluding hydrogens is 478 g/mol. The van der Waals surface area contributed by atoms with E-state index < -0.39 is 0 Å². The Morgan fingerprint density at radius 1 is 1.17 bits per heavy atom. The average molecular weight is 502 g/mol. The molecule has 2 aromatic carbocycles. The molecule has 5 aromatic rings. The lowest BCUT2D eigenvalue weighted by molar-refractivity contribution is -0.113. The average Bonchev–Trinajstić information content (AvgIpc) is 3.51. The molecule has 9 nitrogen and oxygen atoms in total. The molecule has 0 unspecified atom stereocenters. The van der Waals surface area contributed by atoms with Crippen molar-refractivity contribution in [1.82, 2.24) is 19.7 Å². The molecule has 0 saturated heterocycles. The lowest BCUT2D eigenvalue weighted by atomic mass is 10.1. The number of amides is 1. The number of thioether (sulfide) groups is 1. The van der Waals surface area contributed by atoms with E-state index in [2.05, 4.69) is 15.5 Å². The third kappa shape index (κ3) is 4.89. The molecule has 3 heterocycles. The van der Waals surface area contributed by atoms with Crippen molar-refractivity contribution >= 4 is 34.5 Å². The first-order valence-corrected chi connectivity index (χ1v) is 12.2. The van der Waals surface area contributed by atoms with Crippen LogP contribution in [-0.4, -0.2) is 38.5 Å². The van der Waals surface area contributed by atoms with E-state index in [0.717, 1.165) is 22.4 Å². The van der Waals surface area contributed by atoms with Gasteiger partial charge < -0.3 is 19.6 Å². The molecular formula is C26H23N5O4S. The predicted molar refractivity (Wildman–Crippen MR) is 138 cm³/mol. The summed E-state index contributed by atoms with van der Waals surface area (Å²) in [5.41, 5.74) is 3.43. The summed E-state index contributed by atoms with van der Waals surface area (Å²) in [6, 6.07) is 18.9. The van der Waals surface area contributed by atoms with Crippen LogP contribution in [0.1, 0.15) is 11.3 Å². The van der Waals surface area contributed by atoms with Gasteiger partial charge in [0.25, 0.3) is 5.56 Å². The number of aromatic amines is 1. The van der Waals surface area contributed by atoms with Gasteiger partial charge in [-0.2, -0.15) is 0 Å². The van der Waals surface area contributed by atoms with Crippen molar-refractivity contribution in [1.29, 1.82) is 0 Å². The van der Waals surface area contributed by atoms with E-state index in [1.54, 1.807) is 30.9 Å². The normalized spacial score (nSPS) is 11.1. The lowest BCUT2D eigenvalue weighted by Gasteiger charge is -2.13. The van der Waals surface area contributed by atoms with Gasteiger partial charge in [-0.25, -0.2) is 4.98 Å². The van der Waals surface area contributed by atoms with E-state index in [1.165, 1.54) is 11.8 Å². The van der Waals surface area contributed by atoms with E-state index in [0.29, 0.717) is 27.8 Å². The molecule has 3 aromatic heterocycles. The molecule has 0 fully saturated rings. The molecule has 0 aliphatic carbocycles. The van der Waals surface area contributed by atoms with Crippen LogP contribution in [0.2, 0.25) is 0 Å². The molecule has 5 rings (SSSR count). The summed E-state index contributed by atoms with van der Waals surface area (Å²) in [6.45, 7) is 2.04. The zero-order chi connectivity index (χ0) is 25.1. The molecule has 1 amide bonds. The second-order valence-corrected chi connectivity index (χ2v) is 9.03. The minimum atomic E-state index is -0.281. The maximum atomic E-state index is 13.6. The number of carbonyl (C=O) groups is 1. The smallest absolute Gasteiger partial charge is 0.278 e. The summed E-state index contributed by atoms with van der Waals surface area (Å²) < 4.78 is 11.8. The van der Waals surface area contributed by atoms with Crippen LogP contribution in [-0.2, 0) is 11.3 Å². The largest absolute Gasteiger partial charge is 0.497 e. The Balaban J connectivity index is 1.51. The Bertz CT molecular complexity index is 1570. The second kappa shape index (κ2) is 10.1. The van der Waals surface area contributed by atoms with Crippen LogP contribution >= 0.6 is 11.8 Å². The number of methoxy groups -OCH3 is 1. The molecule has 2 N–H and O–H groups in total. The van der Waals surface area contributed by atoms with Gasteiger partial charge in [0.2, 0.25) is 5.91 Å². The maximum Gasteiger partial charge on any atom is 0.278 e. The fourth-order valence-electron chi connectivity index (χ4n) is 3.81. The van der Waals surface area contributed by atoms with Crippen molar-refractivity contribution in [2.24, 2.45) is 0 Å². The van der Waals surface area contributed by atoms with Gasteiger partial charge in [-0.1, -0.05) is 59.4 Å². The molecule has 0 aliphatic rings. The van der Waals surface area contributed by atoms with Crippen LogP contribution in [0.15, 0.2) is 81.3 Å². The zero-order valence-corrected chi connectivity index (χ0v) is 20.5. The number of nitrogens with one attached hydrogen (secondary N) is 2. The van der Waals surface area contributed by atoms with Crippen molar-refractivity contribution in [2.45, 2.75) is 18.6 Å². The summed E-state index contributed by atoms with van der Waals surface area (Å²) in [6.07, 6.45) is 1.79. The molecule has 0 saturated carbocycles. The van der Waals surface area contributed by atoms with Crippen LogP contribution in [0.5, 0.6) is 5.75 Å². The molecule has 0 bridgehead atoms. The third-order valence-electron chi connectivity index (χ3n) is 5.56. The first-order chi connectivity index (χ1) is 17.5. The Labute approximate surface area is 210 Å². The summed E-state index contributed by atoms with van der Waals surface area (Å²) in [4.78, 5) is 34.1. The molecule has 10 heteroatoms. The molecule has 36 heavy (non-hydrogen) atoms. The molecule has 0 radical (unpaired) electrons. The Hall–Kier alpha value is -4.31. The van der Waals surface area contributed by atoms with Crippen LogP contribution in [0.4, 0.5) is 5.82 Å². The van der Waals surface area contributed by atoms with Gasteiger partial charge in [0.1, 0.15) is 22.5 Å². The van der Waals surface area contributed by atoms with Gasteiger partial charge in [0, 0.05) is 17.8 Å². The SMILES string of the molecule is COc1ccc(Cn2c(SCC(=O)Nc3cc(C)on3)nc3c(-c4ccccc4)c[nH]c3c2=O)cc1. The molecule has 182 valence electrons. The Morgan fingerprint density at radius 2 is 1.94 bits per heavy atom. The highest BCUT2D eigenvalue weighted by molar-refractivity contribution is 7.99. The number of hydrogen-bond acceptors (Lipinski definition) is 7. The van der Waals surface area contributed by atoms with Gasteiger partial charge in [-0.3, -0.25) is 14.2 Å². The fraction of sp³-hybridized carbons (Fsp3) is 0.154. The summed E-state index contributed by atoms with van der Waals surface area (Å²) >= 11 is 1.19. The number of rotatable bonds is 8. The van der Waals surface area contributed by atoms with E-state index >= 15 is 0 Å². The van der Waals surface area contributed by atoms with E-state index in [4.69, 9.17) is 14.2 Å². The highest BCUT2D eigenvalue weighted by Gasteiger charge is 2.18. The first-order valence-electron chi connectivity index (χ1n) is 11.2. The predicted octanol–water partition coefficient (Wildman–Crippen LogP) is 4.48. The second-order valence-electron chi connectivity index (χ2n) is 8.09. The van der Waals surface area contributed by atoms with Gasteiger partial charge >= 0.3 is 0 Å². The summed E-state index contributed by atoms with van der Waals surface area (Å²) in [5, 5.41) is 6.93. The fourth-order valence-corrected chi connectivity index (χ4v) is 4.60. The van der Waals surface area contributed by atoms with Crippen molar-refractivity contribution < 1.29 is 14.1 Å². The quantitative estimate of drug-likeness (QED) is 0.238. The third-order valence-corrected chi connectivity index (χ3v) is 6.54.